The number of amides is 1. The molecule has 8 heteroatoms. The summed E-state index contributed by atoms with van der Waals surface area (Å²) in [6, 6.07) is 11.0. The lowest BCUT2D eigenvalue weighted by Crippen LogP contribution is -2.18. The van der Waals surface area contributed by atoms with Gasteiger partial charge in [-0.1, -0.05) is 6.07 Å². The summed E-state index contributed by atoms with van der Waals surface area (Å²) in [5, 5.41) is 6.22. The number of hydrogen-bond donors (Lipinski definition) is 2. The van der Waals surface area contributed by atoms with Crippen LogP contribution in [0.25, 0.3) is 0 Å². The van der Waals surface area contributed by atoms with Crippen LogP contribution in [0.3, 0.4) is 0 Å². The second-order valence-electron chi connectivity index (χ2n) is 4.31. The molecule has 0 unspecified atom stereocenters. The normalized spacial score (nSPS) is 11.3. The maximum atomic E-state index is 12.0. The molecule has 0 saturated carbocycles. The number of hydrogen-bond acceptors (Lipinski definition) is 5. The van der Waals surface area contributed by atoms with E-state index in [0.29, 0.717) is 11.4 Å². The molecule has 0 radical (unpaired) electrons. The van der Waals surface area contributed by atoms with Gasteiger partial charge in [-0.2, -0.15) is 13.5 Å². The molecule has 1 heterocycles. The molecule has 22 heavy (non-hydrogen) atoms. The minimum absolute atomic E-state index is 0.0415. The second-order valence-corrected chi connectivity index (χ2v) is 5.97. The van der Waals surface area contributed by atoms with Crippen molar-refractivity contribution in [2.75, 3.05) is 5.32 Å². The van der Waals surface area contributed by atoms with Crippen molar-refractivity contribution in [3.05, 3.63) is 54.4 Å². The van der Waals surface area contributed by atoms with Crippen LogP contribution in [0.2, 0.25) is 0 Å². The first-order valence-corrected chi connectivity index (χ1v) is 7.79. The van der Waals surface area contributed by atoms with Gasteiger partial charge in [-0.3, -0.25) is 9.78 Å². The van der Waals surface area contributed by atoms with Crippen molar-refractivity contribution in [1.29, 1.82) is 0 Å². The van der Waals surface area contributed by atoms with Crippen LogP contribution in [-0.2, 0) is 14.8 Å². The van der Waals surface area contributed by atoms with Gasteiger partial charge in [0.2, 0.25) is 5.91 Å². The largest absolute Gasteiger partial charge is 0.326 e. The standard InChI is InChI=1S/C14H14N4O3S/c1-11(19)17-12-5-7-14(8-6-12)22(20,21)18-16-10-13-4-2-3-9-15-13/h2-10,18H,1H3,(H,17,19)/b16-10-. The Bertz CT molecular complexity index is 771. The molecule has 7 nitrogen and oxygen atoms in total. The zero-order valence-electron chi connectivity index (χ0n) is 11.7. The van der Waals surface area contributed by atoms with Gasteiger partial charge in [-0.05, 0) is 36.4 Å². The lowest BCUT2D eigenvalue weighted by Gasteiger charge is -2.05. The maximum Gasteiger partial charge on any atom is 0.276 e. The number of carbonyl (C=O) groups is 1. The van der Waals surface area contributed by atoms with Gasteiger partial charge in [0.25, 0.3) is 10.0 Å². The van der Waals surface area contributed by atoms with E-state index in [1.807, 2.05) is 0 Å². The number of benzene rings is 1. The average molecular weight is 318 g/mol. The third-order valence-electron chi connectivity index (χ3n) is 2.54. The predicted octanol–water partition coefficient (Wildman–Crippen LogP) is 1.35. The van der Waals surface area contributed by atoms with Gasteiger partial charge in [0.05, 0.1) is 16.8 Å². The molecule has 1 aromatic carbocycles. The van der Waals surface area contributed by atoms with E-state index in [-0.39, 0.29) is 10.8 Å². The average Bonchev–Trinajstić information content (AvgIpc) is 2.48. The highest BCUT2D eigenvalue weighted by atomic mass is 32.2. The molecule has 2 aromatic rings. The van der Waals surface area contributed by atoms with E-state index in [2.05, 4.69) is 20.2 Å². The number of pyridine rings is 1. The van der Waals surface area contributed by atoms with Gasteiger partial charge in [0.15, 0.2) is 0 Å². The molecule has 0 aliphatic carbocycles. The highest BCUT2D eigenvalue weighted by Crippen LogP contribution is 2.13. The van der Waals surface area contributed by atoms with E-state index in [0.717, 1.165) is 0 Å². The Hall–Kier alpha value is -2.74. The Morgan fingerprint density at radius 3 is 2.50 bits per heavy atom. The molecule has 1 aromatic heterocycles. The first-order valence-electron chi connectivity index (χ1n) is 6.31. The van der Waals surface area contributed by atoms with Gasteiger partial charge < -0.3 is 5.32 Å². The molecular weight excluding hydrogens is 304 g/mol. The van der Waals surface area contributed by atoms with Crippen LogP contribution in [0, 0.1) is 0 Å². The summed E-state index contributed by atoms with van der Waals surface area (Å²) in [4.78, 5) is 17.0. The first-order chi connectivity index (χ1) is 10.5. The highest BCUT2D eigenvalue weighted by Gasteiger charge is 2.12. The number of carbonyl (C=O) groups excluding carboxylic acids is 1. The molecule has 1 amide bonds. The van der Waals surface area contributed by atoms with Crippen LogP contribution in [-0.4, -0.2) is 25.5 Å². The molecule has 0 spiro atoms. The van der Waals surface area contributed by atoms with Crippen LogP contribution in [0.4, 0.5) is 5.69 Å². The van der Waals surface area contributed by atoms with Crippen molar-refractivity contribution in [3.8, 4) is 0 Å². The molecule has 0 atom stereocenters. The van der Waals surface area contributed by atoms with Crippen molar-refractivity contribution >= 4 is 27.8 Å². The fourth-order valence-corrected chi connectivity index (χ4v) is 2.38. The van der Waals surface area contributed by atoms with Gasteiger partial charge in [-0.25, -0.2) is 4.83 Å². The third kappa shape index (κ3) is 4.38. The predicted molar refractivity (Wildman–Crippen MR) is 82.9 cm³/mol. The molecule has 2 rings (SSSR count). The third-order valence-corrected chi connectivity index (χ3v) is 3.78. The van der Waals surface area contributed by atoms with Crippen LogP contribution < -0.4 is 10.1 Å². The number of rotatable bonds is 5. The molecule has 0 saturated heterocycles. The fourth-order valence-electron chi connectivity index (χ4n) is 1.59. The Balaban J connectivity index is 2.07. The summed E-state index contributed by atoms with van der Waals surface area (Å²) >= 11 is 0. The summed E-state index contributed by atoms with van der Waals surface area (Å²) in [6.07, 6.45) is 2.89. The van der Waals surface area contributed by atoms with E-state index in [1.54, 1.807) is 24.4 Å². The van der Waals surface area contributed by atoms with E-state index in [1.165, 1.54) is 37.4 Å². The molecule has 0 aliphatic rings. The van der Waals surface area contributed by atoms with Crippen molar-refractivity contribution in [2.24, 2.45) is 5.10 Å². The van der Waals surface area contributed by atoms with E-state index >= 15 is 0 Å². The molecule has 0 fully saturated rings. The van der Waals surface area contributed by atoms with E-state index in [9.17, 15) is 13.2 Å². The van der Waals surface area contributed by atoms with E-state index in [4.69, 9.17) is 0 Å². The minimum Gasteiger partial charge on any atom is -0.326 e. The van der Waals surface area contributed by atoms with Crippen LogP contribution in [0.5, 0.6) is 0 Å². The van der Waals surface area contributed by atoms with Gasteiger partial charge in [0.1, 0.15) is 0 Å². The molecule has 0 bridgehead atoms. The van der Waals surface area contributed by atoms with Crippen LogP contribution >= 0.6 is 0 Å². The number of nitrogens with one attached hydrogen (secondary N) is 2. The SMILES string of the molecule is CC(=O)Nc1ccc(S(=O)(=O)N/N=C\c2ccccn2)cc1. The maximum absolute atomic E-state index is 12.0. The lowest BCUT2D eigenvalue weighted by atomic mass is 10.3. The van der Waals surface area contributed by atoms with Gasteiger partial charge in [0, 0.05) is 18.8 Å². The number of sulfonamides is 1. The summed E-state index contributed by atoms with van der Waals surface area (Å²) < 4.78 is 24.0. The summed E-state index contributed by atoms with van der Waals surface area (Å²) in [7, 11) is -3.76. The molecule has 114 valence electrons. The fraction of sp³-hybridized carbons (Fsp3) is 0.0714. The zero-order valence-corrected chi connectivity index (χ0v) is 12.5. The van der Waals surface area contributed by atoms with Gasteiger partial charge >= 0.3 is 0 Å². The first kappa shape index (κ1) is 15.6. The number of nitrogens with zero attached hydrogens (tertiary/aromatic N) is 2. The highest BCUT2D eigenvalue weighted by molar-refractivity contribution is 7.89. The smallest absolute Gasteiger partial charge is 0.276 e. The minimum atomic E-state index is -3.76. The number of aromatic nitrogens is 1. The molecule has 2 N–H and O–H groups in total. The quantitative estimate of drug-likeness (QED) is 0.642. The zero-order chi connectivity index (χ0) is 16.0. The summed E-state index contributed by atoms with van der Waals surface area (Å²) in [6.45, 7) is 1.37. The number of anilines is 1. The van der Waals surface area contributed by atoms with E-state index < -0.39 is 10.0 Å². The molecule has 0 aliphatic heterocycles. The van der Waals surface area contributed by atoms with Crippen LogP contribution in [0.15, 0.2) is 58.7 Å². The summed E-state index contributed by atoms with van der Waals surface area (Å²) in [5.41, 5.74) is 1.05. The topological polar surface area (TPSA) is 101 Å². The van der Waals surface area contributed by atoms with Crippen molar-refractivity contribution in [2.45, 2.75) is 11.8 Å². The Labute approximate surface area is 128 Å². The summed E-state index contributed by atoms with van der Waals surface area (Å²) in [5.74, 6) is -0.228. The van der Waals surface area contributed by atoms with Gasteiger partial charge in [-0.15, -0.1) is 0 Å². The second kappa shape index (κ2) is 6.81. The lowest BCUT2D eigenvalue weighted by molar-refractivity contribution is -0.114. The Morgan fingerprint density at radius 2 is 1.91 bits per heavy atom. The Kier molecular flexibility index (Phi) is 4.84. The Morgan fingerprint density at radius 1 is 1.18 bits per heavy atom. The van der Waals surface area contributed by atoms with Crippen molar-refractivity contribution < 1.29 is 13.2 Å². The van der Waals surface area contributed by atoms with Crippen LogP contribution in [0.1, 0.15) is 12.6 Å². The van der Waals surface area contributed by atoms with Crippen molar-refractivity contribution in [1.82, 2.24) is 9.82 Å². The van der Waals surface area contributed by atoms with Crippen molar-refractivity contribution in [3.63, 3.8) is 0 Å². The molecular formula is C14H14N4O3S. The monoisotopic (exact) mass is 318 g/mol. The number of hydrazone groups is 1.